The van der Waals surface area contributed by atoms with E-state index in [-0.39, 0.29) is 11.2 Å². The van der Waals surface area contributed by atoms with E-state index in [0.29, 0.717) is 12.5 Å². The molecule has 1 aromatic carbocycles. The van der Waals surface area contributed by atoms with Crippen molar-refractivity contribution in [3.8, 4) is 0 Å². The van der Waals surface area contributed by atoms with Gasteiger partial charge in [0.15, 0.2) is 5.96 Å². The monoisotopic (exact) mass is 376 g/mol. The van der Waals surface area contributed by atoms with Gasteiger partial charge in [0.1, 0.15) is 5.82 Å². The van der Waals surface area contributed by atoms with Crippen LogP contribution in [0.1, 0.15) is 32.3 Å². The van der Waals surface area contributed by atoms with Crippen LogP contribution in [0.4, 0.5) is 4.39 Å². The van der Waals surface area contributed by atoms with Gasteiger partial charge in [-0.25, -0.2) is 4.39 Å². The first-order valence-electron chi connectivity index (χ1n) is 10.2. The standard InChI is InChI=1S/C21H33FN4O/c1-3-23-20(24-14-17(2)15-26-9-11-27-12-10-26)25-16-21(7-8-21)18-5-4-6-19(22)13-18/h4-6,13,17H,3,7-12,14-16H2,1-2H3,(H2,23,24,25). The van der Waals surface area contributed by atoms with Crippen molar-refractivity contribution in [1.29, 1.82) is 0 Å². The van der Waals surface area contributed by atoms with Crippen LogP contribution < -0.4 is 10.6 Å². The van der Waals surface area contributed by atoms with Crippen LogP contribution in [-0.4, -0.2) is 63.3 Å². The normalized spacial score (nSPS) is 20.9. The van der Waals surface area contributed by atoms with Crippen molar-refractivity contribution >= 4 is 5.96 Å². The Labute approximate surface area is 162 Å². The van der Waals surface area contributed by atoms with Gasteiger partial charge in [-0.3, -0.25) is 9.89 Å². The van der Waals surface area contributed by atoms with Crippen LogP contribution in [0, 0.1) is 11.7 Å². The Balaban J connectivity index is 1.52. The minimum absolute atomic E-state index is 0.0177. The Morgan fingerprint density at radius 2 is 2.07 bits per heavy atom. The van der Waals surface area contributed by atoms with E-state index in [1.165, 1.54) is 6.07 Å². The van der Waals surface area contributed by atoms with Gasteiger partial charge in [0, 0.05) is 38.1 Å². The van der Waals surface area contributed by atoms with E-state index >= 15 is 0 Å². The summed E-state index contributed by atoms with van der Waals surface area (Å²) in [6.07, 6.45) is 2.15. The highest BCUT2D eigenvalue weighted by Gasteiger charge is 2.44. The van der Waals surface area contributed by atoms with E-state index < -0.39 is 0 Å². The van der Waals surface area contributed by atoms with Gasteiger partial charge < -0.3 is 15.4 Å². The lowest BCUT2D eigenvalue weighted by Crippen LogP contribution is -2.44. The molecule has 1 heterocycles. The summed E-state index contributed by atoms with van der Waals surface area (Å²) in [5.74, 6) is 1.23. The summed E-state index contributed by atoms with van der Waals surface area (Å²) in [4.78, 5) is 7.27. The minimum atomic E-state index is -0.162. The van der Waals surface area contributed by atoms with Crippen molar-refractivity contribution in [2.75, 3.05) is 52.5 Å². The number of halogens is 1. The predicted octanol–water partition coefficient (Wildman–Crippen LogP) is 2.38. The zero-order chi connectivity index (χ0) is 19.1. The largest absolute Gasteiger partial charge is 0.379 e. The molecular formula is C21H33FN4O. The first-order chi connectivity index (χ1) is 13.1. The van der Waals surface area contributed by atoms with Crippen molar-refractivity contribution in [3.63, 3.8) is 0 Å². The van der Waals surface area contributed by atoms with E-state index in [9.17, 15) is 4.39 Å². The lowest BCUT2D eigenvalue weighted by molar-refractivity contribution is 0.0320. The third-order valence-electron chi connectivity index (χ3n) is 5.47. The summed E-state index contributed by atoms with van der Waals surface area (Å²) in [5, 5.41) is 6.82. The quantitative estimate of drug-likeness (QED) is 0.540. The maximum Gasteiger partial charge on any atom is 0.191 e. The van der Waals surface area contributed by atoms with Crippen LogP contribution in [0.5, 0.6) is 0 Å². The molecule has 1 aliphatic heterocycles. The molecule has 1 aromatic rings. The lowest BCUT2D eigenvalue weighted by atomic mass is 9.96. The van der Waals surface area contributed by atoms with Crippen molar-refractivity contribution in [1.82, 2.24) is 15.5 Å². The van der Waals surface area contributed by atoms with E-state index in [2.05, 4.69) is 29.4 Å². The van der Waals surface area contributed by atoms with Gasteiger partial charge in [-0.1, -0.05) is 19.1 Å². The SMILES string of the molecule is CCNC(=NCC1(c2cccc(F)c2)CC1)NCC(C)CN1CCOCC1. The number of rotatable bonds is 8. The number of hydrogen-bond donors (Lipinski definition) is 2. The van der Waals surface area contributed by atoms with E-state index in [4.69, 9.17) is 9.73 Å². The molecule has 1 unspecified atom stereocenters. The average Bonchev–Trinajstić information content (AvgIpc) is 3.46. The molecule has 0 amide bonds. The maximum absolute atomic E-state index is 13.6. The summed E-state index contributed by atoms with van der Waals surface area (Å²) >= 11 is 0. The molecule has 5 nitrogen and oxygen atoms in total. The summed E-state index contributed by atoms with van der Waals surface area (Å²) in [5.41, 5.74) is 1.09. The molecule has 2 N–H and O–H groups in total. The molecule has 150 valence electrons. The van der Waals surface area contributed by atoms with Gasteiger partial charge in [0.25, 0.3) is 0 Å². The average molecular weight is 377 g/mol. The van der Waals surface area contributed by atoms with E-state index in [1.54, 1.807) is 12.1 Å². The molecule has 0 radical (unpaired) electrons. The van der Waals surface area contributed by atoms with Gasteiger partial charge >= 0.3 is 0 Å². The van der Waals surface area contributed by atoms with E-state index in [0.717, 1.165) is 70.3 Å². The second kappa shape index (κ2) is 9.51. The number of hydrogen-bond acceptors (Lipinski definition) is 3. The van der Waals surface area contributed by atoms with Crippen LogP contribution in [0.15, 0.2) is 29.3 Å². The molecule has 6 heteroatoms. The maximum atomic E-state index is 13.6. The molecule has 0 bridgehead atoms. The molecular weight excluding hydrogens is 343 g/mol. The van der Waals surface area contributed by atoms with Gasteiger partial charge in [-0.2, -0.15) is 0 Å². The highest BCUT2D eigenvalue weighted by Crippen LogP contribution is 2.48. The Morgan fingerprint density at radius 1 is 1.30 bits per heavy atom. The summed E-state index contributed by atoms with van der Waals surface area (Å²) in [7, 11) is 0. The molecule has 1 atom stereocenters. The molecule has 2 aliphatic rings. The third kappa shape index (κ3) is 5.91. The molecule has 0 aromatic heterocycles. The molecule has 1 aliphatic carbocycles. The minimum Gasteiger partial charge on any atom is -0.379 e. The zero-order valence-electron chi connectivity index (χ0n) is 16.6. The van der Waals surface area contributed by atoms with Crippen LogP contribution in [0.3, 0.4) is 0 Å². The number of aliphatic imine (C=N–C) groups is 1. The van der Waals surface area contributed by atoms with Crippen LogP contribution >= 0.6 is 0 Å². The topological polar surface area (TPSA) is 48.9 Å². The fraction of sp³-hybridized carbons (Fsp3) is 0.667. The fourth-order valence-corrected chi connectivity index (χ4v) is 3.64. The predicted molar refractivity (Wildman–Crippen MR) is 108 cm³/mol. The second-order valence-electron chi connectivity index (χ2n) is 7.88. The third-order valence-corrected chi connectivity index (χ3v) is 5.47. The van der Waals surface area contributed by atoms with Gasteiger partial charge in [-0.05, 0) is 43.4 Å². The van der Waals surface area contributed by atoms with Gasteiger partial charge in [-0.15, -0.1) is 0 Å². The van der Waals surface area contributed by atoms with Crippen LogP contribution in [0.25, 0.3) is 0 Å². The number of guanidine groups is 1. The highest BCUT2D eigenvalue weighted by molar-refractivity contribution is 5.79. The number of morpholine rings is 1. The summed E-state index contributed by atoms with van der Waals surface area (Å²) in [6.45, 7) is 11.6. The van der Waals surface area contributed by atoms with Crippen molar-refractivity contribution in [3.05, 3.63) is 35.6 Å². The zero-order valence-corrected chi connectivity index (χ0v) is 16.6. The van der Waals surface area contributed by atoms with Crippen molar-refractivity contribution in [2.45, 2.75) is 32.1 Å². The Morgan fingerprint density at radius 3 is 2.74 bits per heavy atom. The molecule has 1 saturated carbocycles. The second-order valence-corrected chi connectivity index (χ2v) is 7.88. The fourth-order valence-electron chi connectivity index (χ4n) is 3.64. The van der Waals surface area contributed by atoms with Crippen molar-refractivity contribution < 1.29 is 9.13 Å². The Bertz CT molecular complexity index is 626. The first-order valence-corrected chi connectivity index (χ1v) is 10.2. The first kappa shape index (κ1) is 20.1. The number of nitrogens with one attached hydrogen (secondary N) is 2. The van der Waals surface area contributed by atoms with Gasteiger partial charge in [0.2, 0.25) is 0 Å². The Hall–Kier alpha value is -1.66. The number of nitrogens with zero attached hydrogens (tertiary/aromatic N) is 2. The lowest BCUT2D eigenvalue weighted by Gasteiger charge is -2.29. The molecule has 1 saturated heterocycles. The van der Waals surface area contributed by atoms with E-state index in [1.807, 2.05) is 6.07 Å². The number of ether oxygens (including phenoxy) is 1. The molecule has 27 heavy (non-hydrogen) atoms. The molecule has 0 spiro atoms. The van der Waals surface area contributed by atoms with Gasteiger partial charge in [0.05, 0.1) is 19.8 Å². The Kier molecular flexibility index (Phi) is 7.07. The van der Waals surface area contributed by atoms with Crippen LogP contribution in [0.2, 0.25) is 0 Å². The molecule has 2 fully saturated rings. The summed E-state index contributed by atoms with van der Waals surface area (Å²) < 4.78 is 19.0. The molecule has 3 rings (SSSR count). The summed E-state index contributed by atoms with van der Waals surface area (Å²) in [6, 6.07) is 6.99. The highest BCUT2D eigenvalue weighted by atomic mass is 19.1. The van der Waals surface area contributed by atoms with Crippen LogP contribution in [-0.2, 0) is 10.2 Å². The smallest absolute Gasteiger partial charge is 0.191 e. The van der Waals surface area contributed by atoms with Crippen molar-refractivity contribution in [2.24, 2.45) is 10.9 Å². The number of benzene rings is 1.